The normalized spacial score (nSPS) is 31.2. The lowest BCUT2D eigenvalue weighted by Gasteiger charge is -2.49. The van der Waals surface area contributed by atoms with E-state index < -0.39 is 5.54 Å². The molecular weight excluding hydrogens is 456 g/mol. The largest absolute Gasteiger partial charge is 0.490 e. The minimum atomic E-state index is -0.456. The Morgan fingerprint density at radius 2 is 2.09 bits per heavy atom. The van der Waals surface area contributed by atoms with Crippen LogP contribution in [-0.2, 0) is 10.3 Å². The van der Waals surface area contributed by atoms with Crippen LogP contribution in [0.4, 0.5) is 0 Å². The van der Waals surface area contributed by atoms with Crippen molar-refractivity contribution in [2.24, 2.45) is 22.1 Å². The van der Waals surface area contributed by atoms with Crippen molar-refractivity contribution in [3.05, 3.63) is 47.2 Å². The Hall–Kier alpha value is -2.25. The number of benzene rings is 1. The van der Waals surface area contributed by atoms with Crippen molar-refractivity contribution < 1.29 is 9.53 Å². The molecule has 6 nitrogen and oxygen atoms in total. The van der Waals surface area contributed by atoms with Crippen molar-refractivity contribution in [1.29, 1.82) is 0 Å². The number of hydrogen-bond acceptors (Lipinski definition) is 6. The smallest absolute Gasteiger partial charge is 0.226 e. The lowest BCUT2D eigenvalue weighted by atomic mass is 9.67. The Balaban J connectivity index is 1.37. The Bertz CT molecular complexity index is 1170. The highest BCUT2D eigenvalue weighted by Gasteiger charge is 2.55. The van der Waals surface area contributed by atoms with Gasteiger partial charge in [0, 0.05) is 46.6 Å². The number of aromatic nitrogens is 1. The van der Waals surface area contributed by atoms with Crippen molar-refractivity contribution in [2.75, 3.05) is 5.75 Å². The molecule has 4 unspecified atom stereocenters. The van der Waals surface area contributed by atoms with Gasteiger partial charge in [0.05, 0.1) is 5.02 Å². The SMILES string of the molecule is CC1(C(=O)NC2CCC3Oc4ccc(-c5cncc(Cl)c5)cc4C4(CSC(N)=N4)C3C2)CC1. The van der Waals surface area contributed by atoms with Crippen LogP contribution < -0.4 is 15.8 Å². The number of hydrogen-bond donors (Lipinski definition) is 2. The van der Waals surface area contributed by atoms with Gasteiger partial charge in [-0.1, -0.05) is 36.4 Å². The van der Waals surface area contributed by atoms with Crippen molar-refractivity contribution in [3.63, 3.8) is 0 Å². The number of carbonyl (C=O) groups is 1. The number of ether oxygens (including phenoxy) is 1. The summed E-state index contributed by atoms with van der Waals surface area (Å²) in [4.78, 5) is 22.0. The molecule has 8 heteroatoms. The zero-order chi connectivity index (χ0) is 22.8. The summed E-state index contributed by atoms with van der Waals surface area (Å²) in [6.45, 7) is 2.06. The van der Waals surface area contributed by atoms with Gasteiger partial charge in [-0.05, 0) is 55.9 Å². The van der Waals surface area contributed by atoms with Gasteiger partial charge in [0.2, 0.25) is 5.91 Å². The minimum absolute atomic E-state index is 0.0658. The number of pyridine rings is 1. The summed E-state index contributed by atoms with van der Waals surface area (Å²) in [6.07, 6.45) is 8.14. The molecule has 4 atom stereocenters. The first kappa shape index (κ1) is 21.3. The molecule has 2 aliphatic heterocycles. The Morgan fingerprint density at radius 3 is 2.82 bits per heavy atom. The summed E-state index contributed by atoms with van der Waals surface area (Å²) < 4.78 is 6.53. The Morgan fingerprint density at radius 1 is 1.24 bits per heavy atom. The number of amides is 1. The molecule has 172 valence electrons. The first-order chi connectivity index (χ1) is 15.9. The highest BCUT2D eigenvalue weighted by molar-refractivity contribution is 8.14. The van der Waals surface area contributed by atoms with Gasteiger partial charge in [0.15, 0.2) is 5.17 Å². The number of thioether (sulfide) groups is 1. The molecule has 1 amide bonds. The molecule has 3 N–H and O–H groups in total. The number of rotatable bonds is 3. The molecule has 0 saturated heterocycles. The number of aliphatic imine (C=N–C) groups is 1. The lowest BCUT2D eigenvalue weighted by molar-refractivity contribution is -0.127. The quantitative estimate of drug-likeness (QED) is 0.672. The van der Waals surface area contributed by atoms with Gasteiger partial charge in [0.1, 0.15) is 17.4 Å². The van der Waals surface area contributed by atoms with E-state index in [0.29, 0.717) is 10.2 Å². The molecule has 1 aromatic heterocycles. The van der Waals surface area contributed by atoms with E-state index in [1.165, 1.54) is 0 Å². The highest BCUT2D eigenvalue weighted by atomic mass is 35.5. The standard InChI is InChI=1S/C25H27ClN4O2S/c1-24(6-7-24)22(31)29-17-3-5-21-19(10-17)25(13-33-23(27)30-25)18-9-14(2-4-20(18)32-21)15-8-16(26)12-28-11-15/h2,4,8-9,11-12,17,19,21H,3,5-7,10,13H2,1H3,(H2,27,30)(H,29,31). The maximum absolute atomic E-state index is 12.7. The summed E-state index contributed by atoms with van der Waals surface area (Å²) in [7, 11) is 0. The van der Waals surface area contributed by atoms with Gasteiger partial charge in [0.25, 0.3) is 0 Å². The zero-order valence-electron chi connectivity index (χ0n) is 18.5. The first-order valence-corrected chi connectivity index (χ1v) is 12.9. The Kier molecular flexibility index (Phi) is 4.93. The molecule has 3 heterocycles. The van der Waals surface area contributed by atoms with Gasteiger partial charge in [-0.3, -0.25) is 9.78 Å². The van der Waals surface area contributed by atoms with E-state index in [9.17, 15) is 4.79 Å². The van der Waals surface area contributed by atoms with E-state index in [4.69, 9.17) is 27.1 Å². The Labute approximate surface area is 202 Å². The highest BCUT2D eigenvalue weighted by Crippen LogP contribution is 2.55. The van der Waals surface area contributed by atoms with E-state index in [1.807, 2.05) is 18.3 Å². The van der Waals surface area contributed by atoms with Crippen LogP contribution in [0.2, 0.25) is 5.02 Å². The molecule has 2 aliphatic carbocycles. The van der Waals surface area contributed by atoms with E-state index in [1.54, 1.807) is 18.0 Å². The molecule has 1 aromatic carbocycles. The average molecular weight is 483 g/mol. The molecular formula is C25H27ClN4O2S. The fourth-order valence-electron chi connectivity index (χ4n) is 5.55. The van der Waals surface area contributed by atoms with Gasteiger partial charge in [-0.2, -0.15) is 0 Å². The van der Waals surface area contributed by atoms with Crippen LogP contribution in [0.5, 0.6) is 5.75 Å². The van der Waals surface area contributed by atoms with E-state index in [-0.39, 0.29) is 29.4 Å². The van der Waals surface area contributed by atoms with Crippen LogP contribution in [0.1, 0.15) is 44.6 Å². The number of nitrogens with zero attached hydrogens (tertiary/aromatic N) is 2. The molecule has 0 bridgehead atoms. The zero-order valence-corrected chi connectivity index (χ0v) is 20.1. The van der Waals surface area contributed by atoms with E-state index in [0.717, 1.165) is 60.3 Å². The molecule has 33 heavy (non-hydrogen) atoms. The van der Waals surface area contributed by atoms with Crippen LogP contribution >= 0.6 is 23.4 Å². The number of nitrogens with two attached hydrogens (primary N) is 1. The van der Waals surface area contributed by atoms with Crippen molar-refractivity contribution in [2.45, 2.75) is 56.7 Å². The second-order valence-corrected chi connectivity index (χ2v) is 11.5. The summed E-state index contributed by atoms with van der Waals surface area (Å²) in [5.41, 5.74) is 8.66. The van der Waals surface area contributed by atoms with Crippen LogP contribution in [0.15, 0.2) is 41.7 Å². The second kappa shape index (κ2) is 7.64. The maximum atomic E-state index is 12.7. The molecule has 2 saturated carbocycles. The van der Waals surface area contributed by atoms with Crippen LogP contribution in [0.25, 0.3) is 11.1 Å². The summed E-state index contributed by atoms with van der Waals surface area (Å²) in [5, 5.41) is 4.56. The number of amidine groups is 1. The number of carbonyl (C=O) groups excluding carboxylic acids is 1. The summed E-state index contributed by atoms with van der Waals surface area (Å²) in [5.74, 6) is 2.00. The fourth-order valence-corrected chi connectivity index (χ4v) is 6.75. The number of fused-ring (bicyclic) bond motifs is 4. The number of nitrogens with one attached hydrogen (secondary N) is 1. The lowest BCUT2D eigenvalue weighted by Crippen LogP contribution is -2.54. The molecule has 0 radical (unpaired) electrons. The predicted molar refractivity (Wildman–Crippen MR) is 131 cm³/mol. The number of halogens is 1. The maximum Gasteiger partial charge on any atom is 0.226 e. The van der Waals surface area contributed by atoms with E-state index >= 15 is 0 Å². The predicted octanol–water partition coefficient (Wildman–Crippen LogP) is 4.50. The molecule has 6 rings (SSSR count). The van der Waals surface area contributed by atoms with Gasteiger partial charge < -0.3 is 15.8 Å². The average Bonchev–Trinajstić information content (AvgIpc) is 3.45. The van der Waals surface area contributed by atoms with Crippen LogP contribution in [0, 0.1) is 11.3 Å². The van der Waals surface area contributed by atoms with Gasteiger partial charge in [-0.25, -0.2) is 4.99 Å². The molecule has 2 aromatic rings. The van der Waals surface area contributed by atoms with Gasteiger partial charge >= 0.3 is 0 Å². The van der Waals surface area contributed by atoms with E-state index in [2.05, 4.69) is 29.4 Å². The molecule has 4 aliphatic rings. The van der Waals surface area contributed by atoms with Gasteiger partial charge in [-0.15, -0.1) is 0 Å². The minimum Gasteiger partial charge on any atom is -0.490 e. The second-order valence-electron chi connectivity index (χ2n) is 10.1. The topological polar surface area (TPSA) is 89.6 Å². The molecule has 1 spiro atoms. The monoisotopic (exact) mass is 482 g/mol. The third-order valence-corrected chi connectivity index (χ3v) is 8.97. The van der Waals surface area contributed by atoms with Crippen LogP contribution in [-0.4, -0.2) is 34.0 Å². The van der Waals surface area contributed by atoms with Crippen molar-refractivity contribution >= 4 is 34.4 Å². The fraction of sp³-hybridized carbons (Fsp3) is 0.480. The van der Waals surface area contributed by atoms with Crippen molar-refractivity contribution in [3.8, 4) is 16.9 Å². The van der Waals surface area contributed by atoms with Crippen LogP contribution in [0.3, 0.4) is 0 Å². The molecule has 2 fully saturated rings. The third kappa shape index (κ3) is 3.60. The summed E-state index contributed by atoms with van der Waals surface area (Å²) in [6, 6.07) is 8.31. The van der Waals surface area contributed by atoms with Crippen molar-refractivity contribution in [1.82, 2.24) is 10.3 Å². The first-order valence-electron chi connectivity index (χ1n) is 11.6. The third-order valence-electron chi connectivity index (χ3n) is 7.80. The summed E-state index contributed by atoms with van der Waals surface area (Å²) >= 11 is 7.81.